The van der Waals surface area contributed by atoms with E-state index in [1.165, 1.54) is 6.08 Å². The van der Waals surface area contributed by atoms with Crippen LogP contribution < -0.4 is 0 Å². The fraction of sp³-hybridized carbons (Fsp3) is 0. The first-order chi connectivity index (χ1) is 4.83. The molecule has 0 nitrogen and oxygen atoms in total. The molecule has 10 heavy (non-hydrogen) atoms. The molecule has 0 aromatic heterocycles. The smallest absolute Gasteiger partial charge is 0.0872 e. The third-order valence-corrected chi connectivity index (χ3v) is 1.38. The van der Waals surface area contributed by atoms with E-state index in [2.05, 4.69) is 0 Å². The van der Waals surface area contributed by atoms with E-state index in [0.29, 0.717) is 11.4 Å². The van der Waals surface area contributed by atoms with Crippen LogP contribution in [0.4, 0.5) is 4.39 Å². The van der Waals surface area contributed by atoms with Crippen molar-refractivity contribution < 1.29 is 4.39 Å². The van der Waals surface area contributed by atoms with E-state index in [4.69, 9.17) is 11.6 Å². The van der Waals surface area contributed by atoms with E-state index in [0.717, 1.165) is 5.56 Å². The lowest BCUT2D eigenvalue weighted by Gasteiger charge is -1.90. The first-order valence-corrected chi connectivity index (χ1v) is 3.23. The average Bonchev–Trinajstić information content (AvgIpc) is 1.95. The second kappa shape index (κ2) is 3.37. The Bertz CT molecular complexity index is 226. The van der Waals surface area contributed by atoms with Gasteiger partial charge in [-0.05, 0) is 23.8 Å². The van der Waals surface area contributed by atoms with Crippen LogP contribution in [0, 0.1) is 0 Å². The van der Waals surface area contributed by atoms with E-state index in [9.17, 15) is 4.39 Å². The van der Waals surface area contributed by atoms with Crippen molar-refractivity contribution in [1.82, 2.24) is 0 Å². The van der Waals surface area contributed by atoms with Gasteiger partial charge in [0.15, 0.2) is 0 Å². The van der Waals surface area contributed by atoms with Gasteiger partial charge >= 0.3 is 0 Å². The second-order valence-corrected chi connectivity index (χ2v) is 2.28. The van der Waals surface area contributed by atoms with Gasteiger partial charge < -0.3 is 0 Å². The van der Waals surface area contributed by atoms with E-state index >= 15 is 0 Å². The minimum absolute atomic E-state index is 0.503. The van der Waals surface area contributed by atoms with Crippen molar-refractivity contribution >= 4 is 17.7 Å². The summed E-state index contributed by atoms with van der Waals surface area (Å²) in [5.41, 5.74) is 0.812. The average molecular weight is 157 g/mol. The van der Waals surface area contributed by atoms with Crippen LogP contribution >= 0.6 is 11.6 Å². The number of hydrogen-bond donors (Lipinski definition) is 0. The van der Waals surface area contributed by atoms with Gasteiger partial charge in [-0.15, -0.1) is 0 Å². The molecule has 52 valence electrons. The highest BCUT2D eigenvalue weighted by Crippen LogP contribution is 2.10. The quantitative estimate of drug-likeness (QED) is 0.586. The fourth-order valence-electron chi connectivity index (χ4n) is 0.647. The molecule has 0 spiro atoms. The van der Waals surface area contributed by atoms with Crippen molar-refractivity contribution in [3.8, 4) is 0 Å². The molecule has 0 fully saturated rings. The van der Waals surface area contributed by atoms with Crippen molar-refractivity contribution in [2.45, 2.75) is 0 Å². The lowest BCUT2D eigenvalue weighted by atomic mass is 10.2. The SMILES string of the molecule is FC=Cc1ccc(Cl)cc1. The molecular weight excluding hydrogens is 151 g/mol. The Kier molecular flexibility index (Phi) is 2.46. The molecule has 1 rings (SSSR count). The third kappa shape index (κ3) is 1.85. The number of rotatable bonds is 1. The van der Waals surface area contributed by atoms with Crippen molar-refractivity contribution in [2.24, 2.45) is 0 Å². The highest BCUT2D eigenvalue weighted by Gasteiger charge is 1.85. The number of benzene rings is 1. The summed E-state index contributed by atoms with van der Waals surface area (Å²) < 4.78 is 11.6. The molecule has 0 aliphatic heterocycles. The van der Waals surface area contributed by atoms with Gasteiger partial charge in [0.1, 0.15) is 0 Å². The van der Waals surface area contributed by atoms with Gasteiger partial charge in [-0.1, -0.05) is 23.7 Å². The molecule has 0 saturated heterocycles. The molecule has 0 amide bonds. The minimum atomic E-state index is 0.503. The molecule has 0 atom stereocenters. The van der Waals surface area contributed by atoms with Crippen LogP contribution in [0.2, 0.25) is 5.02 Å². The second-order valence-electron chi connectivity index (χ2n) is 1.84. The fourth-order valence-corrected chi connectivity index (χ4v) is 0.773. The predicted molar refractivity (Wildman–Crippen MR) is 41.6 cm³/mol. The lowest BCUT2D eigenvalue weighted by Crippen LogP contribution is -1.68. The van der Waals surface area contributed by atoms with Gasteiger partial charge in [0.25, 0.3) is 0 Å². The molecule has 1 aromatic carbocycles. The summed E-state index contributed by atoms with van der Waals surface area (Å²) in [5.74, 6) is 0. The highest BCUT2D eigenvalue weighted by atomic mass is 35.5. The van der Waals surface area contributed by atoms with Crippen molar-refractivity contribution in [2.75, 3.05) is 0 Å². The van der Waals surface area contributed by atoms with E-state index in [-0.39, 0.29) is 0 Å². The maximum absolute atomic E-state index is 11.6. The van der Waals surface area contributed by atoms with Crippen LogP contribution in [-0.2, 0) is 0 Å². The summed E-state index contributed by atoms with van der Waals surface area (Å²) in [5, 5.41) is 0.663. The highest BCUT2D eigenvalue weighted by molar-refractivity contribution is 6.30. The zero-order valence-electron chi connectivity index (χ0n) is 5.22. The van der Waals surface area contributed by atoms with Crippen molar-refractivity contribution in [3.05, 3.63) is 41.2 Å². The lowest BCUT2D eigenvalue weighted by molar-refractivity contribution is 0.727. The van der Waals surface area contributed by atoms with Crippen LogP contribution in [0.1, 0.15) is 5.56 Å². The monoisotopic (exact) mass is 156 g/mol. The van der Waals surface area contributed by atoms with E-state index < -0.39 is 0 Å². The van der Waals surface area contributed by atoms with Crippen LogP contribution in [0.15, 0.2) is 30.6 Å². The number of halogens is 2. The Morgan fingerprint density at radius 2 is 1.80 bits per heavy atom. The largest absolute Gasteiger partial charge is 0.216 e. The first-order valence-electron chi connectivity index (χ1n) is 2.85. The van der Waals surface area contributed by atoms with Crippen molar-refractivity contribution in [3.63, 3.8) is 0 Å². The van der Waals surface area contributed by atoms with Gasteiger partial charge in [0.2, 0.25) is 0 Å². The summed E-state index contributed by atoms with van der Waals surface area (Å²) in [4.78, 5) is 0. The third-order valence-electron chi connectivity index (χ3n) is 1.13. The molecule has 0 unspecified atom stereocenters. The Morgan fingerprint density at radius 1 is 1.20 bits per heavy atom. The minimum Gasteiger partial charge on any atom is -0.216 e. The molecule has 0 aliphatic carbocycles. The molecule has 0 bridgehead atoms. The van der Waals surface area contributed by atoms with Gasteiger partial charge in [0, 0.05) is 5.02 Å². The molecular formula is C8H6ClF. The normalized spacial score (nSPS) is 10.6. The Hall–Kier alpha value is -0.820. The van der Waals surface area contributed by atoms with Gasteiger partial charge in [-0.3, -0.25) is 0 Å². The first kappa shape index (κ1) is 7.29. The molecule has 0 N–H and O–H groups in total. The number of hydrogen-bond acceptors (Lipinski definition) is 0. The summed E-state index contributed by atoms with van der Waals surface area (Å²) >= 11 is 5.59. The molecule has 1 aromatic rings. The Morgan fingerprint density at radius 3 is 2.30 bits per heavy atom. The molecule has 0 aliphatic rings. The van der Waals surface area contributed by atoms with E-state index in [1.54, 1.807) is 24.3 Å². The zero-order chi connectivity index (χ0) is 7.40. The summed E-state index contributed by atoms with van der Waals surface area (Å²) in [6.07, 6.45) is 1.87. The standard InChI is InChI=1S/C8H6ClF/c9-8-3-1-7(2-4-8)5-6-10/h1-6H. The van der Waals surface area contributed by atoms with Gasteiger partial charge in [0.05, 0.1) is 6.33 Å². The summed E-state index contributed by atoms with van der Waals surface area (Å²) in [6.45, 7) is 0. The maximum atomic E-state index is 11.6. The molecule has 0 heterocycles. The Balaban J connectivity index is 2.89. The summed E-state index contributed by atoms with van der Waals surface area (Å²) in [6, 6.07) is 6.94. The topological polar surface area (TPSA) is 0 Å². The predicted octanol–water partition coefficient (Wildman–Crippen LogP) is 3.28. The van der Waals surface area contributed by atoms with Crippen LogP contribution in [0.5, 0.6) is 0 Å². The Labute approximate surface area is 63.9 Å². The summed E-state index contributed by atoms with van der Waals surface area (Å²) in [7, 11) is 0. The molecule has 0 radical (unpaired) electrons. The van der Waals surface area contributed by atoms with Crippen LogP contribution in [0.25, 0.3) is 6.08 Å². The molecule has 2 heteroatoms. The zero-order valence-corrected chi connectivity index (χ0v) is 5.98. The van der Waals surface area contributed by atoms with E-state index in [1.807, 2.05) is 0 Å². The van der Waals surface area contributed by atoms with Gasteiger partial charge in [-0.25, -0.2) is 4.39 Å². The van der Waals surface area contributed by atoms with Crippen LogP contribution in [0.3, 0.4) is 0 Å². The maximum Gasteiger partial charge on any atom is 0.0872 e. The van der Waals surface area contributed by atoms with Crippen molar-refractivity contribution in [1.29, 1.82) is 0 Å². The van der Waals surface area contributed by atoms with Gasteiger partial charge in [-0.2, -0.15) is 0 Å². The molecule has 0 saturated carbocycles. The van der Waals surface area contributed by atoms with Crippen LogP contribution in [-0.4, -0.2) is 0 Å².